The summed E-state index contributed by atoms with van der Waals surface area (Å²) in [6, 6.07) is 5.46. The lowest BCUT2D eigenvalue weighted by Crippen LogP contribution is -2.54. The number of piperazine rings is 1. The van der Waals surface area contributed by atoms with Gasteiger partial charge in [0.2, 0.25) is 0 Å². The molecule has 36 heavy (non-hydrogen) atoms. The zero-order valence-electron chi connectivity index (χ0n) is 19.6. The Balaban J connectivity index is 2.01. The minimum Gasteiger partial charge on any atom is -0.376 e. The van der Waals surface area contributed by atoms with Crippen molar-refractivity contribution in [3.05, 3.63) is 46.8 Å². The molecule has 1 aromatic heterocycles. The fourth-order valence-electron chi connectivity index (χ4n) is 4.25. The summed E-state index contributed by atoms with van der Waals surface area (Å²) >= 11 is 1.07. The fraction of sp³-hybridized carbons (Fsp3) is 0.545. The standard InChI is InChI=1S/C22H26F6N2O4S2/c1-14(2)19(34-3)16-13-15(20(31,21(23,24)25)22(26,27)28)6-7-17(16)29-8-10-30(11-9-29)36(32,33)18-5-4-12-35-18/h4-7,12-14,19,31H,8-11H2,1-3H3/t19-/m0/s1. The fourth-order valence-corrected chi connectivity index (χ4v) is 6.82. The van der Waals surface area contributed by atoms with Gasteiger partial charge in [0, 0.05) is 50.1 Å². The topological polar surface area (TPSA) is 70.1 Å². The van der Waals surface area contributed by atoms with Crippen LogP contribution in [-0.4, -0.2) is 63.5 Å². The number of methoxy groups -OCH3 is 1. The summed E-state index contributed by atoms with van der Waals surface area (Å²) in [4.78, 5) is 1.69. The molecular weight excluding hydrogens is 534 g/mol. The first kappa shape index (κ1) is 28.7. The van der Waals surface area contributed by atoms with Gasteiger partial charge in [0.05, 0.1) is 6.10 Å². The van der Waals surface area contributed by atoms with E-state index in [1.54, 1.807) is 30.2 Å². The van der Waals surface area contributed by atoms with Crippen LogP contribution in [0.5, 0.6) is 0 Å². The van der Waals surface area contributed by atoms with E-state index in [4.69, 9.17) is 4.74 Å². The molecule has 1 saturated heterocycles. The van der Waals surface area contributed by atoms with Crippen molar-refractivity contribution in [2.45, 2.75) is 42.1 Å². The Kier molecular flexibility index (Phi) is 8.07. The monoisotopic (exact) mass is 560 g/mol. The lowest BCUT2D eigenvalue weighted by Gasteiger charge is -2.38. The SMILES string of the molecule is CO[C@H](c1cc(C(O)(C(F)(F)F)C(F)(F)F)ccc1N1CCN(S(=O)(=O)c2cccs2)CC1)C(C)C. The molecule has 6 nitrogen and oxygen atoms in total. The first-order valence-electron chi connectivity index (χ1n) is 10.9. The van der Waals surface area contributed by atoms with Crippen LogP contribution in [-0.2, 0) is 20.4 Å². The minimum absolute atomic E-state index is 0.0338. The smallest absolute Gasteiger partial charge is 0.376 e. The number of halogens is 6. The molecule has 1 N–H and O–H groups in total. The Labute approximate surface area is 209 Å². The van der Waals surface area contributed by atoms with Crippen LogP contribution >= 0.6 is 11.3 Å². The number of hydrogen-bond donors (Lipinski definition) is 1. The van der Waals surface area contributed by atoms with Crippen LogP contribution < -0.4 is 4.90 Å². The molecule has 0 aliphatic carbocycles. The van der Waals surface area contributed by atoms with Crippen LogP contribution in [0, 0.1) is 5.92 Å². The number of benzene rings is 1. The van der Waals surface area contributed by atoms with Gasteiger partial charge in [-0.1, -0.05) is 26.0 Å². The quantitative estimate of drug-likeness (QED) is 0.488. The van der Waals surface area contributed by atoms with E-state index in [0.29, 0.717) is 17.8 Å². The third kappa shape index (κ3) is 5.10. The lowest BCUT2D eigenvalue weighted by atomic mass is 9.87. The van der Waals surface area contributed by atoms with Crippen molar-refractivity contribution in [2.24, 2.45) is 5.92 Å². The molecule has 1 aliphatic heterocycles. The van der Waals surface area contributed by atoms with E-state index in [-0.39, 0.29) is 41.9 Å². The molecule has 0 saturated carbocycles. The highest BCUT2D eigenvalue weighted by atomic mass is 32.2. The average Bonchev–Trinajstić information content (AvgIpc) is 3.33. The molecule has 3 rings (SSSR count). The second-order valence-electron chi connectivity index (χ2n) is 8.70. The summed E-state index contributed by atoms with van der Waals surface area (Å²) in [6.45, 7) is 3.81. The molecule has 14 heteroatoms. The van der Waals surface area contributed by atoms with Crippen molar-refractivity contribution >= 4 is 27.0 Å². The van der Waals surface area contributed by atoms with Crippen LogP contribution in [0.4, 0.5) is 32.0 Å². The highest BCUT2D eigenvalue weighted by Crippen LogP contribution is 2.51. The number of sulfonamides is 1. The third-order valence-corrected chi connectivity index (χ3v) is 9.37. The van der Waals surface area contributed by atoms with Crippen LogP contribution in [0.2, 0.25) is 0 Å². The first-order chi connectivity index (χ1) is 16.6. The number of hydrogen-bond acceptors (Lipinski definition) is 6. The molecule has 2 aromatic rings. The second-order valence-corrected chi connectivity index (χ2v) is 11.8. The molecule has 0 spiro atoms. The van der Waals surface area contributed by atoms with Gasteiger partial charge >= 0.3 is 12.4 Å². The molecule has 0 radical (unpaired) electrons. The maximum atomic E-state index is 13.5. The van der Waals surface area contributed by atoms with Gasteiger partial charge in [-0.15, -0.1) is 11.3 Å². The van der Waals surface area contributed by atoms with Gasteiger partial charge in [-0.05, 0) is 29.5 Å². The summed E-state index contributed by atoms with van der Waals surface area (Å²) in [5.74, 6) is -0.339. The van der Waals surface area contributed by atoms with E-state index in [0.717, 1.165) is 17.4 Å². The Bertz CT molecular complexity index is 1130. The van der Waals surface area contributed by atoms with E-state index < -0.39 is 39.6 Å². The maximum absolute atomic E-state index is 13.5. The van der Waals surface area contributed by atoms with Gasteiger partial charge in [-0.25, -0.2) is 8.42 Å². The van der Waals surface area contributed by atoms with Gasteiger partial charge in [0.25, 0.3) is 15.6 Å². The van der Waals surface area contributed by atoms with Gasteiger partial charge < -0.3 is 14.7 Å². The minimum atomic E-state index is -6.02. The van der Waals surface area contributed by atoms with Crippen molar-refractivity contribution in [1.82, 2.24) is 4.31 Å². The van der Waals surface area contributed by atoms with E-state index in [9.17, 15) is 39.9 Å². The Morgan fingerprint density at radius 1 is 1.00 bits per heavy atom. The molecule has 1 aliphatic rings. The predicted octanol–water partition coefficient (Wildman–Crippen LogP) is 4.91. The first-order valence-corrected chi connectivity index (χ1v) is 13.2. The number of alkyl halides is 6. The molecule has 0 unspecified atom stereocenters. The van der Waals surface area contributed by atoms with Gasteiger partial charge in [-0.3, -0.25) is 0 Å². The molecule has 202 valence electrons. The largest absolute Gasteiger partial charge is 0.430 e. The predicted molar refractivity (Wildman–Crippen MR) is 122 cm³/mol. The summed E-state index contributed by atoms with van der Waals surface area (Å²) in [5, 5.41) is 11.5. The number of ether oxygens (including phenoxy) is 1. The van der Waals surface area contributed by atoms with Crippen LogP contribution in [0.15, 0.2) is 39.9 Å². The third-order valence-electron chi connectivity index (χ3n) is 6.10. The zero-order valence-corrected chi connectivity index (χ0v) is 21.2. The number of nitrogens with zero attached hydrogens (tertiary/aromatic N) is 2. The summed E-state index contributed by atoms with van der Waals surface area (Å²) in [7, 11) is -2.43. The lowest BCUT2D eigenvalue weighted by molar-refractivity contribution is -0.376. The second kappa shape index (κ2) is 10.1. The van der Waals surface area contributed by atoms with Gasteiger partial charge in [0.15, 0.2) is 0 Å². The van der Waals surface area contributed by atoms with Crippen molar-refractivity contribution < 1.29 is 44.6 Å². The van der Waals surface area contributed by atoms with Crippen LogP contribution in [0.25, 0.3) is 0 Å². The molecule has 1 aromatic carbocycles. The van der Waals surface area contributed by atoms with Gasteiger partial charge in [-0.2, -0.15) is 30.6 Å². The number of anilines is 1. The van der Waals surface area contributed by atoms with Crippen molar-refractivity contribution in [1.29, 1.82) is 0 Å². The normalized spacial score (nSPS) is 17.6. The van der Waals surface area contributed by atoms with Crippen LogP contribution in [0.3, 0.4) is 0 Å². The molecule has 0 amide bonds. The van der Waals surface area contributed by atoms with E-state index in [1.165, 1.54) is 17.5 Å². The number of rotatable bonds is 7. The zero-order chi connectivity index (χ0) is 27.1. The number of thiophene rings is 1. The maximum Gasteiger partial charge on any atom is 0.430 e. The van der Waals surface area contributed by atoms with E-state index >= 15 is 0 Å². The summed E-state index contributed by atoms with van der Waals surface area (Å²) < 4.78 is 114. The van der Waals surface area contributed by atoms with Crippen molar-refractivity contribution in [2.75, 3.05) is 38.2 Å². The molecule has 1 fully saturated rings. The summed E-state index contributed by atoms with van der Waals surface area (Å²) in [6.07, 6.45) is -12.9. The molecule has 1 atom stereocenters. The molecular formula is C22H26F6N2O4S2. The summed E-state index contributed by atoms with van der Waals surface area (Å²) in [5.41, 5.74) is -6.11. The highest BCUT2D eigenvalue weighted by molar-refractivity contribution is 7.91. The van der Waals surface area contributed by atoms with E-state index in [1.807, 2.05) is 0 Å². The van der Waals surface area contributed by atoms with Gasteiger partial charge in [0.1, 0.15) is 4.21 Å². The van der Waals surface area contributed by atoms with E-state index in [2.05, 4.69) is 0 Å². The Morgan fingerprint density at radius 2 is 1.58 bits per heavy atom. The average molecular weight is 561 g/mol. The number of aliphatic hydroxyl groups is 1. The van der Waals surface area contributed by atoms with Crippen LogP contribution in [0.1, 0.15) is 31.1 Å². The Hall–Kier alpha value is -1.87. The Morgan fingerprint density at radius 3 is 2.03 bits per heavy atom. The van der Waals surface area contributed by atoms with Crippen molar-refractivity contribution in [3.63, 3.8) is 0 Å². The van der Waals surface area contributed by atoms with Crippen molar-refractivity contribution in [3.8, 4) is 0 Å². The molecule has 2 heterocycles. The molecule has 0 bridgehead atoms. The highest BCUT2D eigenvalue weighted by Gasteiger charge is 2.71.